The Morgan fingerprint density at radius 1 is 1.09 bits per heavy atom. The number of hydrogen-bond donors (Lipinski definition) is 1. The van der Waals surface area contributed by atoms with E-state index in [2.05, 4.69) is 20.8 Å². The van der Waals surface area contributed by atoms with Gasteiger partial charge in [0.25, 0.3) is 11.7 Å². The third-order valence-corrected chi connectivity index (χ3v) is 6.92. The van der Waals surface area contributed by atoms with Gasteiger partial charge in [-0.05, 0) is 67.0 Å². The fraction of sp³-hybridized carbons (Fsp3) is 0.448. The standard InChI is InChI=1S/C29H35NO4/c1-5-20-10-12-21(13-11-20)26-25(28(32)29(33)30(26)23-8-6-7-9-23)27(31)22-14-15-24(19(4)16-22)34-17-18(2)3/h10-16,18,23,26,31H,5-9,17H2,1-4H3/b27-25-. The van der Waals surface area contributed by atoms with Gasteiger partial charge in [-0.3, -0.25) is 9.59 Å². The van der Waals surface area contributed by atoms with Crippen LogP contribution >= 0.6 is 0 Å². The summed E-state index contributed by atoms with van der Waals surface area (Å²) in [6.45, 7) is 8.80. The van der Waals surface area contributed by atoms with Gasteiger partial charge in [-0.15, -0.1) is 0 Å². The van der Waals surface area contributed by atoms with E-state index in [1.54, 1.807) is 11.0 Å². The SMILES string of the molecule is CCc1ccc(C2/C(=C(/O)c3ccc(OCC(C)C)c(C)c3)C(=O)C(=O)N2C2CCCC2)cc1. The number of carbonyl (C=O) groups excluding carboxylic acids is 2. The van der Waals surface area contributed by atoms with Crippen molar-refractivity contribution in [3.05, 3.63) is 70.3 Å². The number of Topliss-reactive ketones (excluding diaryl/α,β-unsaturated/α-hetero) is 1. The number of ketones is 1. The van der Waals surface area contributed by atoms with Crippen LogP contribution in [0.3, 0.4) is 0 Å². The van der Waals surface area contributed by atoms with Crippen LogP contribution in [-0.2, 0) is 16.0 Å². The Morgan fingerprint density at radius 3 is 2.35 bits per heavy atom. The molecule has 4 rings (SSSR count). The first-order valence-corrected chi connectivity index (χ1v) is 12.4. The summed E-state index contributed by atoms with van der Waals surface area (Å²) in [7, 11) is 0. The summed E-state index contributed by atoms with van der Waals surface area (Å²) in [5.74, 6) is -0.0817. The zero-order chi connectivity index (χ0) is 24.4. The monoisotopic (exact) mass is 461 g/mol. The van der Waals surface area contributed by atoms with Crippen LogP contribution in [0.4, 0.5) is 0 Å². The van der Waals surface area contributed by atoms with Crippen LogP contribution in [0.5, 0.6) is 5.75 Å². The highest BCUT2D eigenvalue weighted by Gasteiger charge is 2.49. The van der Waals surface area contributed by atoms with Crippen molar-refractivity contribution in [1.82, 2.24) is 4.90 Å². The average molecular weight is 462 g/mol. The van der Waals surface area contributed by atoms with Crippen LogP contribution in [0, 0.1) is 12.8 Å². The molecule has 1 aliphatic heterocycles. The average Bonchev–Trinajstić information content (AvgIpc) is 3.44. The van der Waals surface area contributed by atoms with Gasteiger partial charge >= 0.3 is 0 Å². The van der Waals surface area contributed by atoms with Gasteiger partial charge in [0.15, 0.2) is 0 Å². The second kappa shape index (κ2) is 10.0. The third kappa shape index (κ3) is 4.61. The molecule has 1 amide bonds. The highest BCUT2D eigenvalue weighted by Crippen LogP contribution is 2.43. The van der Waals surface area contributed by atoms with Crippen molar-refractivity contribution < 1.29 is 19.4 Å². The second-order valence-electron chi connectivity index (χ2n) is 9.92. The Morgan fingerprint density at radius 2 is 1.76 bits per heavy atom. The number of carbonyl (C=O) groups is 2. The topological polar surface area (TPSA) is 66.8 Å². The molecule has 1 unspecified atom stereocenters. The van der Waals surface area contributed by atoms with E-state index in [0.29, 0.717) is 18.1 Å². The molecule has 1 N–H and O–H groups in total. The molecule has 5 nitrogen and oxygen atoms in total. The third-order valence-electron chi connectivity index (χ3n) is 6.92. The molecule has 180 valence electrons. The lowest BCUT2D eigenvalue weighted by Crippen LogP contribution is -2.37. The molecule has 0 spiro atoms. The van der Waals surface area contributed by atoms with Gasteiger partial charge in [-0.25, -0.2) is 0 Å². The quantitative estimate of drug-likeness (QED) is 0.314. The first-order valence-electron chi connectivity index (χ1n) is 12.4. The van der Waals surface area contributed by atoms with E-state index in [-0.39, 0.29) is 17.4 Å². The maximum atomic E-state index is 13.3. The van der Waals surface area contributed by atoms with Crippen LogP contribution in [0.15, 0.2) is 48.0 Å². The first-order chi connectivity index (χ1) is 16.3. The molecule has 1 saturated carbocycles. The van der Waals surface area contributed by atoms with Gasteiger partial charge in [0, 0.05) is 11.6 Å². The minimum Gasteiger partial charge on any atom is -0.507 e. The fourth-order valence-corrected chi connectivity index (χ4v) is 5.04. The molecule has 1 atom stereocenters. The Kier molecular flexibility index (Phi) is 7.11. The van der Waals surface area contributed by atoms with E-state index in [1.165, 1.54) is 5.56 Å². The summed E-state index contributed by atoms with van der Waals surface area (Å²) in [5, 5.41) is 11.4. The zero-order valence-electron chi connectivity index (χ0n) is 20.6. The van der Waals surface area contributed by atoms with Crippen LogP contribution in [0.25, 0.3) is 5.76 Å². The maximum Gasteiger partial charge on any atom is 0.295 e. The molecule has 2 aliphatic rings. The van der Waals surface area contributed by atoms with E-state index in [4.69, 9.17) is 4.74 Å². The van der Waals surface area contributed by atoms with Gasteiger partial charge in [-0.2, -0.15) is 0 Å². The molecular weight excluding hydrogens is 426 g/mol. The van der Waals surface area contributed by atoms with Crippen molar-refractivity contribution >= 4 is 17.4 Å². The lowest BCUT2D eigenvalue weighted by molar-refractivity contribution is -0.141. The number of benzene rings is 2. The Bertz CT molecular complexity index is 1090. The predicted molar refractivity (Wildman–Crippen MR) is 134 cm³/mol. The Hall–Kier alpha value is -3.08. The van der Waals surface area contributed by atoms with Gasteiger partial charge in [0.2, 0.25) is 0 Å². The molecule has 1 aliphatic carbocycles. The highest BCUT2D eigenvalue weighted by atomic mass is 16.5. The van der Waals surface area contributed by atoms with Gasteiger partial charge in [-0.1, -0.05) is 57.9 Å². The van der Waals surface area contributed by atoms with Crippen LogP contribution in [0.1, 0.15) is 74.8 Å². The number of hydrogen-bond acceptors (Lipinski definition) is 4. The first kappa shape index (κ1) is 24.1. The summed E-state index contributed by atoms with van der Waals surface area (Å²) in [5.41, 5.74) is 3.62. The number of amides is 1. The summed E-state index contributed by atoms with van der Waals surface area (Å²) < 4.78 is 5.87. The number of likely N-dealkylation sites (tertiary alicyclic amines) is 1. The molecule has 34 heavy (non-hydrogen) atoms. The largest absolute Gasteiger partial charge is 0.507 e. The second-order valence-corrected chi connectivity index (χ2v) is 9.92. The minimum atomic E-state index is -0.605. The number of aliphatic hydroxyl groups is 1. The summed E-state index contributed by atoms with van der Waals surface area (Å²) in [6, 6.07) is 12.9. The fourth-order valence-electron chi connectivity index (χ4n) is 5.04. The van der Waals surface area contributed by atoms with Crippen LogP contribution in [-0.4, -0.2) is 34.3 Å². The maximum absolute atomic E-state index is 13.3. The van der Waals surface area contributed by atoms with Gasteiger partial charge in [0.05, 0.1) is 18.2 Å². The summed E-state index contributed by atoms with van der Waals surface area (Å²) in [4.78, 5) is 28.2. The van der Waals surface area contributed by atoms with E-state index < -0.39 is 17.7 Å². The molecule has 2 aromatic carbocycles. The van der Waals surface area contributed by atoms with Crippen molar-refractivity contribution in [3.63, 3.8) is 0 Å². The molecule has 0 bridgehead atoms. The molecule has 2 aromatic rings. The van der Waals surface area contributed by atoms with Gasteiger partial charge < -0.3 is 14.7 Å². The molecule has 1 saturated heterocycles. The van der Waals surface area contributed by atoms with Crippen molar-refractivity contribution in [2.75, 3.05) is 6.61 Å². The van der Waals surface area contributed by atoms with Crippen molar-refractivity contribution in [2.45, 2.75) is 71.9 Å². The van der Waals surface area contributed by atoms with Crippen LogP contribution < -0.4 is 4.74 Å². The Balaban J connectivity index is 1.78. The van der Waals surface area contributed by atoms with Crippen molar-refractivity contribution in [2.24, 2.45) is 5.92 Å². The normalized spacial score (nSPS) is 20.5. The number of aryl methyl sites for hydroxylation is 2. The predicted octanol–water partition coefficient (Wildman–Crippen LogP) is 5.96. The summed E-state index contributed by atoms with van der Waals surface area (Å²) in [6.07, 6.45) is 4.78. The number of nitrogens with zero attached hydrogens (tertiary/aromatic N) is 1. The van der Waals surface area contributed by atoms with E-state index >= 15 is 0 Å². The van der Waals surface area contributed by atoms with Crippen molar-refractivity contribution in [1.29, 1.82) is 0 Å². The smallest absolute Gasteiger partial charge is 0.295 e. The van der Waals surface area contributed by atoms with E-state index in [1.807, 2.05) is 43.3 Å². The molecule has 2 fully saturated rings. The summed E-state index contributed by atoms with van der Waals surface area (Å²) >= 11 is 0. The van der Waals surface area contributed by atoms with Crippen LogP contribution in [0.2, 0.25) is 0 Å². The number of ether oxygens (including phenoxy) is 1. The van der Waals surface area contributed by atoms with Gasteiger partial charge in [0.1, 0.15) is 11.5 Å². The number of rotatable bonds is 7. The molecule has 0 radical (unpaired) electrons. The highest BCUT2D eigenvalue weighted by molar-refractivity contribution is 6.46. The van der Waals surface area contributed by atoms with Crippen molar-refractivity contribution in [3.8, 4) is 5.75 Å². The molecule has 5 heteroatoms. The van der Waals surface area contributed by atoms with E-state index in [0.717, 1.165) is 49.0 Å². The molecule has 0 aromatic heterocycles. The Labute approximate surface area is 202 Å². The zero-order valence-corrected chi connectivity index (χ0v) is 20.6. The molecular formula is C29H35NO4. The minimum absolute atomic E-state index is 0.0196. The lowest BCUT2D eigenvalue weighted by Gasteiger charge is -2.31. The molecule has 1 heterocycles. The van der Waals surface area contributed by atoms with E-state index in [9.17, 15) is 14.7 Å². The lowest BCUT2D eigenvalue weighted by atomic mass is 9.93. The number of aliphatic hydroxyl groups excluding tert-OH is 1.